The van der Waals surface area contributed by atoms with E-state index < -0.39 is 29.9 Å². The highest BCUT2D eigenvalue weighted by Crippen LogP contribution is 2.31. The van der Waals surface area contributed by atoms with E-state index in [2.05, 4.69) is 10.6 Å². The van der Waals surface area contributed by atoms with E-state index in [1.165, 1.54) is 22.1 Å². The number of likely N-dealkylation sites (tertiary alicyclic amines) is 1. The number of carboxylic acid groups (broad SMARTS) is 1. The summed E-state index contributed by atoms with van der Waals surface area (Å²) in [7, 11) is 0. The molecule has 0 bridgehead atoms. The van der Waals surface area contributed by atoms with Crippen molar-refractivity contribution in [3.05, 3.63) is 108 Å². The number of aromatic carboxylic acids is 1. The lowest BCUT2D eigenvalue weighted by Crippen LogP contribution is -2.49. The molecule has 0 spiro atoms. The monoisotopic (exact) mass is 606 g/mol. The molecule has 0 radical (unpaired) electrons. The molecule has 45 heavy (non-hydrogen) atoms. The molecule has 6 rings (SSSR count). The van der Waals surface area contributed by atoms with E-state index in [0.717, 1.165) is 16.3 Å². The molecular formula is C35H34N4O6. The molecule has 0 aliphatic carbocycles. The molecule has 10 nitrogen and oxygen atoms in total. The molecule has 0 aromatic heterocycles. The Morgan fingerprint density at radius 2 is 1.64 bits per heavy atom. The molecule has 0 saturated carbocycles. The van der Waals surface area contributed by atoms with Gasteiger partial charge >= 0.3 is 5.97 Å². The summed E-state index contributed by atoms with van der Waals surface area (Å²) in [6.45, 7) is 0.867. The van der Waals surface area contributed by atoms with E-state index in [-0.39, 0.29) is 42.6 Å². The first-order chi connectivity index (χ1) is 21.9. The predicted molar refractivity (Wildman–Crippen MR) is 169 cm³/mol. The molecule has 3 amide bonds. The normalized spacial score (nSPS) is 19.4. The summed E-state index contributed by atoms with van der Waals surface area (Å²) in [5.41, 5.74) is 1.70. The van der Waals surface area contributed by atoms with E-state index >= 15 is 0 Å². The van der Waals surface area contributed by atoms with Crippen LogP contribution in [0.2, 0.25) is 0 Å². The van der Waals surface area contributed by atoms with E-state index in [0.29, 0.717) is 25.1 Å². The van der Waals surface area contributed by atoms with Gasteiger partial charge in [0.15, 0.2) is 0 Å². The molecule has 230 valence electrons. The first-order valence-corrected chi connectivity index (χ1v) is 15.1. The zero-order chi connectivity index (χ0) is 31.3. The van der Waals surface area contributed by atoms with Crippen LogP contribution >= 0.6 is 0 Å². The van der Waals surface area contributed by atoms with Crippen LogP contribution in [-0.4, -0.2) is 58.9 Å². The second-order valence-electron chi connectivity index (χ2n) is 11.3. The minimum absolute atomic E-state index is 0.0224. The zero-order valence-corrected chi connectivity index (χ0v) is 24.6. The van der Waals surface area contributed by atoms with Gasteiger partial charge in [-0.2, -0.15) is 5.06 Å². The number of hydroxylamine groups is 1. The van der Waals surface area contributed by atoms with Gasteiger partial charge in [-0.1, -0.05) is 78.9 Å². The van der Waals surface area contributed by atoms with Gasteiger partial charge in [0.25, 0.3) is 5.91 Å². The molecule has 3 N–H and O–H groups in total. The van der Waals surface area contributed by atoms with Crippen LogP contribution in [-0.2, 0) is 25.8 Å². The fourth-order valence-corrected chi connectivity index (χ4v) is 6.13. The summed E-state index contributed by atoms with van der Waals surface area (Å²) in [6.07, 6.45) is 1.35. The number of hydrogen-bond donors (Lipinski definition) is 3. The van der Waals surface area contributed by atoms with E-state index in [9.17, 15) is 24.3 Å². The third-order valence-electron chi connectivity index (χ3n) is 8.42. The van der Waals surface area contributed by atoms with Gasteiger partial charge < -0.3 is 20.6 Å². The van der Waals surface area contributed by atoms with Gasteiger partial charge in [-0.05, 0) is 48.4 Å². The number of anilines is 2. The third-order valence-corrected chi connectivity index (χ3v) is 8.42. The van der Waals surface area contributed by atoms with Crippen LogP contribution in [0.25, 0.3) is 10.8 Å². The van der Waals surface area contributed by atoms with Gasteiger partial charge in [0.2, 0.25) is 11.8 Å². The molecule has 10 heteroatoms. The Balaban J connectivity index is 1.17. The number of carbonyl (C=O) groups excluding carboxylic acids is 3. The van der Waals surface area contributed by atoms with Crippen LogP contribution in [0.4, 0.5) is 11.4 Å². The molecule has 2 aliphatic rings. The Morgan fingerprint density at radius 3 is 2.47 bits per heavy atom. The maximum atomic E-state index is 14.1. The molecule has 2 fully saturated rings. The summed E-state index contributed by atoms with van der Waals surface area (Å²) < 4.78 is 0. The van der Waals surface area contributed by atoms with Crippen LogP contribution < -0.4 is 15.7 Å². The average molecular weight is 607 g/mol. The van der Waals surface area contributed by atoms with Crippen molar-refractivity contribution in [1.82, 2.24) is 10.2 Å². The number of hydrogen-bond acceptors (Lipinski definition) is 6. The Labute approximate surface area is 260 Å². The van der Waals surface area contributed by atoms with Gasteiger partial charge in [0, 0.05) is 18.5 Å². The van der Waals surface area contributed by atoms with E-state index in [4.69, 9.17) is 4.84 Å². The number of nitrogens with one attached hydrogen (secondary N) is 2. The number of carboxylic acids is 1. The lowest BCUT2D eigenvalue weighted by Gasteiger charge is -2.27. The number of fused-ring (bicyclic) bond motifs is 1. The summed E-state index contributed by atoms with van der Waals surface area (Å²) in [5, 5.41) is 18.6. The van der Waals surface area contributed by atoms with Gasteiger partial charge in [-0.3, -0.25) is 19.2 Å². The van der Waals surface area contributed by atoms with Crippen LogP contribution in [0, 0.1) is 5.92 Å². The maximum absolute atomic E-state index is 14.1. The smallest absolute Gasteiger partial charge is 0.337 e. The Kier molecular flexibility index (Phi) is 8.86. The van der Waals surface area contributed by atoms with Crippen molar-refractivity contribution in [2.75, 3.05) is 23.5 Å². The van der Waals surface area contributed by atoms with Crippen molar-refractivity contribution in [1.29, 1.82) is 0 Å². The van der Waals surface area contributed by atoms with Gasteiger partial charge in [0.1, 0.15) is 12.6 Å². The van der Waals surface area contributed by atoms with Gasteiger partial charge in [-0.15, -0.1) is 0 Å². The Hall–Kier alpha value is -5.06. The molecule has 2 heterocycles. The molecule has 2 aliphatic heterocycles. The van der Waals surface area contributed by atoms with Crippen LogP contribution in [0.3, 0.4) is 0 Å². The topological polar surface area (TPSA) is 128 Å². The summed E-state index contributed by atoms with van der Waals surface area (Å²) >= 11 is 0. The SMILES string of the molecule is O=C(O)c1ccccc1NC(=O)[C@H]1CCCN1C(=O)[C@H]1C[C@@H](C(=O)N(OCc2ccccc2)c2cccc3ccccc23)CN1. The minimum Gasteiger partial charge on any atom is -0.478 e. The first kappa shape index (κ1) is 30.0. The Bertz CT molecular complexity index is 1720. The van der Waals surface area contributed by atoms with Crippen molar-refractivity contribution < 1.29 is 29.1 Å². The van der Waals surface area contributed by atoms with Crippen LogP contribution in [0.1, 0.15) is 35.2 Å². The Morgan fingerprint density at radius 1 is 0.911 bits per heavy atom. The molecule has 4 aromatic rings. The largest absolute Gasteiger partial charge is 0.478 e. The molecule has 2 saturated heterocycles. The van der Waals surface area contributed by atoms with Crippen LogP contribution in [0.5, 0.6) is 0 Å². The van der Waals surface area contributed by atoms with Crippen molar-refractivity contribution in [3.63, 3.8) is 0 Å². The number of nitrogens with zero attached hydrogens (tertiary/aromatic N) is 2. The second-order valence-corrected chi connectivity index (χ2v) is 11.3. The predicted octanol–water partition coefficient (Wildman–Crippen LogP) is 4.61. The van der Waals surface area contributed by atoms with Gasteiger partial charge in [-0.25, -0.2) is 4.79 Å². The zero-order valence-electron chi connectivity index (χ0n) is 24.6. The summed E-state index contributed by atoms with van der Waals surface area (Å²) in [6, 6.07) is 27.9. The lowest BCUT2D eigenvalue weighted by atomic mass is 10.0. The third kappa shape index (κ3) is 6.43. The number of rotatable bonds is 9. The highest BCUT2D eigenvalue weighted by Gasteiger charge is 2.42. The van der Waals surface area contributed by atoms with Crippen molar-refractivity contribution in [3.8, 4) is 0 Å². The number of para-hydroxylation sites is 1. The standard InChI is InChI=1S/C35H34N4O6/c40-32(37-28-16-7-6-15-27(28)35(43)44)31-18-9-19-38(31)34(42)29-20-25(21-36-29)33(41)39(45-22-23-10-2-1-3-11-23)30-17-8-13-24-12-4-5-14-26(24)30/h1-8,10-17,25,29,31,36H,9,18-22H2,(H,37,40)(H,43,44)/t25-,29-,31-/m1/s1. The quantitative estimate of drug-likeness (QED) is 0.238. The molecule has 0 unspecified atom stereocenters. The molecule has 4 aromatic carbocycles. The fourth-order valence-electron chi connectivity index (χ4n) is 6.13. The highest BCUT2D eigenvalue weighted by molar-refractivity contribution is 6.05. The van der Waals surface area contributed by atoms with Crippen molar-refractivity contribution in [2.24, 2.45) is 5.92 Å². The maximum Gasteiger partial charge on any atom is 0.337 e. The van der Waals surface area contributed by atoms with E-state index in [1.807, 2.05) is 72.8 Å². The summed E-state index contributed by atoms with van der Waals surface area (Å²) in [5.74, 6) is -2.63. The number of amides is 3. The first-order valence-electron chi connectivity index (χ1n) is 15.1. The number of carbonyl (C=O) groups is 4. The van der Waals surface area contributed by atoms with Crippen molar-refractivity contribution >= 4 is 45.8 Å². The summed E-state index contributed by atoms with van der Waals surface area (Å²) in [4.78, 5) is 60.4. The average Bonchev–Trinajstić information content (AvgIpc) is 3.76. The number of benzene rings is 4. The van der Waals surface area contributed by atoms with Gasteiger partial charge in [0.05, 0.1) is 28.9 Å². The van der Waals surface area contributed by atoms with Crippen LogP contribution in [0.15, 0.2) is 97.1 Å². The van der Waals surface area contributed by atoms with Crippen molar-refractivity contribution in [2.45, 2.75) is 38.0 Å². The molecule has 3 atom stereocenters. The minimum atomic E-state index is -1.15. The molecular weight excluding hydrogens is 572 g/mol. The highest BCUT2D eigenvalue weighted by atomic mass is 16.7. The lowest BCUT2D eigenvalue weighted by molar-refractivity contribution is -0.138. The fraction of sp³-hybridized carbons (Fsp3) is 0.257. The second kappa shape index (κ2) is 13.3. The van der Waals surface area contributed by atoms with E-state index in [1.54, 1.807) is 12.1 Å².